The largest absolute Gasteiger partial charge is 0.376 e. The molecule has 1 aromatic rings. The van der Waals surface area contributed by atoms with Crippen LogP contribution in [0.25, 0.3) is 0 Å². The lowest BCUT2D eigenvalue weighted by molar-refractivity contribution is 0.0931. The number of piperidine rings is 1. The molecule has 0 spiro atoms. The van der Waals surface area contributed by atoms with Crippen molar-refractivity contribution in [3.05, 3.63) is 35.9 Å². The van der Waals surface area contributed by atoms with Gasteiger partial charge in [-0.05, 0) is 43.3 Å². The van der Waals surface area contributed by atoms with Gasteiger partial charge in [0.05, 0.1) is 13.2 Å². The molecule has 0 bridgehead atoms. The maximum Gasteiger partial charge on any atom is 0.190 e. The van der Waals surface area contributed by atoms with Crippen LogP contribution in [0.5, 0.6) is 0 Å². The highest BCUT2D eigenvalue weighted by atomic mass is 127. The molecular formula is C21H37IN4O. The second kappa shape index (κ2) is 14.2. The van der Waals surface area contributed by atoms with Crippen molar-refractivity contribution in [2.24, 2.45) is 16.8 Å². The smallest absolute Gasteiger partial charge is 0.190 e. The molecular weight excluding hydrogens is 451 g/mol. The zero-order chi connectivity index (χ0) is 18.6. The predicted molar refractivity (Wildman–Crippen MR) is 125 cm³/mol. The fourth-order valence-corrected chi connectivity index (χ4v) is 3.35. The van der Waals surface area contributed by atoms with E-state index in [1.165, 1.54) is 31.5 Å². The summed E-state index contributed by atoms with van der Waals surface area (Å²) in [6.45, 7) is 11.3. The Hall–Kier alpha value is -0.860. The molecule has 0 saturated carbocycles. The van der Waals surface area contributed by atoms with Gasteiger partial charge in [0.15, 0.2) is 5.96 Å². The van der Waals surface area contributed by atoms with Crippen molar-refractivity contribution in [3.8, 4) is 0 Å². The van der Waals surface area contributed by atoms with Crippen LogP contribution >= 0.6 is 24.0 Å². The first kappa shape index (κ1) is 24.2. The summed E-state index contributed by atoms with van der Waals surface area (Å²) >= 11 is 0. The number of guanidine groups is 1. The molecule has 0 aromatic heterocycles. The molecule has 6 heteroatoms. The number of likely N-dealkylation sites (tertiary alicyclic amines) is 1. The number of hydrogen-bond acceptors (Lipinski definition) is 3. The summed E-state index contributed by atoms with van der Waals surface area (Å²) in [5.41, 5.74) is 1.22. The SMILES string of the molecule is CCN1CCCC(CNC(=NC)NCC(C)COCc2ccccc2)C1.I. The topological polar surface area (TPSA) is 48.9 Å². The van der Waals surface area contributed by atoms with E-state index in [0.29, 0.717) is 18.4 Å². The van der Waals surface area contributed by atoms with E-state index in [-0.39, 0.29) is 24.0 Å². The van der Waals surface area contributed by atoms with E-state index >= 15 is 0 Å². The molecule has 27 heavy (non-hydrogen) atoms. The Bertz CT molecular complexity index is 526. The van der Waals surface area contributed by atoms with Crippen molar-refractivity contribution >= 4 is 29.9 Å². The highest BCUT2D eigenvalue weighted by Gasteiger charge is 2.18. The van der Waals surface area contributed by atoms with E-state index in [4.69, 9.17) is 4.74 Å². The number of halogens is 1. The molecule has 1 fully saturated rings. The second-order valence-corrected chi connectivity index (χ2v) is 7.34. The van der Waals surface area contributed by atoms with Gasteiger partial charge in [-0.1, -0.05) is 44.2 Å². The average molecular weight is 488 g/mol. The van der Waals surface area contributed by atoms with Crippen LogP contribution in [0.3, 0.4) is 0 Å². The van der Waals surface area contributed by atoms with Crippen molar-refractivity contribution in [1.29, 1.82) is 0 Å². The minimum atomic E-state index is 0. The number of nitrogens with zero attached hydrogens (tertiary/aromatic N) is 2. The van der Waals surface area contributed by atoms with Crippen LogP contribution in [-0.4, -0.2) is 57.2 Å². The van der Waals surface area contributed by atoms with Crippen LogP contribution in [-0.2, 0) is 11.3 Å². The zero-order valence-corrected chi connectivity index (χ0v) is 19.4. The molecule has 1 aromatic carbocycles. The van der Waals surface area contributed by atoms with Crippen LogP contribution in [0.15, 0.2) is 35.3 Å². The summed E-state index contributed by atoms with van der Waals surface area (Å²) in [6, 6.07) is 10.3. The number of hydrogen-bond donors (Lipinski definition) is 2. The van der Waals surface area contributed by atoms with Crippen LogP contribution < -0.4 is 10.6 Å². The van der Waals surface area contributed by atoms with Crippen LogP contribution in [0.2, 0.25) is 0 Å². The number of benzene rings is 1. The molecule has 154 valence electrons. The lowest BCUT2D eigenvalue weighted by Crippen LogP contribution is -2.45. The Morgan fingerprint density at radius 2 is 2.07 bits per heavy atom. The van der Waals surface area contributed by atoms with Gasteiger partial charge in [-0.2, -0.15) is 0 Å². The summed E-state index contributed by atoms with van der Waals surface area (Å²) in [7, 11) is 1.84. The molecule has 2 atom stereocenters. The fraction of sp³-hybridized carbons (Fsp3) is 0.667. The maximum absolute atomic E-state index is 5.82. The van der Waals surface area contributed by atoms with E-state index in [1.807, 2.05) is 25.2 Å². The molecule has 1 heterocycles. The Labute approximate surface area is 182 Å². The number of ether oxygens (including phenoxy) is 1. The Kier molecular flexibility index (Phi) is 12.7. The first-order valence-electron chi connectivity index (χ1n) is 9.99. The summed E-state index contributed by atoms with van der Waals surface area (Å²) in [6.07, 6.45) is 2.62. The molecule has 0 radical (unpaired) electrons. The first-order valence-corrected chi connectivity index (χ1v) is 9.99. The van der Waals surface area contributed by atoms with Gasteiger partial charge < -0.3 is 20.3 Å². The molecule has 2 N–H and O–H groups in total. The Morgan fingerprint density at radius 3 is 2.78 bits per heavy atom. The molecule has 2 unspecified atom stereocenters. The van der Waals surface area contributed by atoms with E-state index in [0.717, 1.165) is 32.2 Å². The van der Waals surface area contributed by atoms with Crippen molar-refractivity contribution < 1.29 is 4.74 Å². The number of aliphatic imine (C=N–C) groups is 1. The summed E-state index contributed by atoms with van der Waals surface area (Å²) in [4.78, 5) is 6.89. The fourth-order valence-electron chi connectivity index (χ4n) is 3.35. The molecule has 0 aliphatic carbocycles. The quantitative estimate of drug-likeness (QED) is 0.318. The lowest BCUT2D eigenvalue weighted by Gasteiger charge is -2.32. The monoisotopic (exact) mass is 488 g/mol. The summed E-state index contributed by atoms with van der Waals surface area (Å²) in [5.74, 6) is 2.05. The molecule has 5 nitrogen and oxygen atoms in total. The third-order valence-electron chi connectivity index (χ3n) is 4.96. The summed E-state index contributed by atoms with van der Waals surface area (Å²) in [5, 5.41) is 6.92. The predicted octanol–water partition coefficient (Wildman–Crippen LogP) is 3.35. The van der Waals surface area contributed by atoms with Crippen molar-refractivity contribution in [1.82, 2.24) is 15.5 Å². The molecule has 1 aliphatic rings. The lowest BCUT2D eigenvalue weighted by atomic mass is 9.98. The van der Waals surface area contributed by atoms with Gasteiger partial charge in [-0.3, -0.25) is 4.99 Å². The van der Waals surface area contributed by atoms with E-state index in [1.54, 1.807) is 0 Å². The highest BCUT2D eigenvalue weighted by molar-refractivity contribution is 14.0. The van der Waals surface area contributed by atoms with Gasteiger partial charge in [0.2, 0.25) is 0 Å². The molecule has 1 saturated heterocycles. The molecule has 0 amide bonds. The van der Waals surface area contributed by atoms with Gasteiger partial charge in [0, 0.05) is 26.7 Å². The zero-order valence-electron chi connectivity index (χ0n) is 17.1. The van der Waals surface area contributed by atoms with Gasteiger partial charge >= 0.3 is 0 Å². The molecule has 1 aliphatic heterocycles. The van der Waals surface area contributed by atoms with Crippen molar-refractivity contribution in [3.63, 3.8) is 0 Å². The minimum Gasteiger partial charge on any atom is -0.376 e. The first-order chi connectivity index (χ1) is 12.7. The third kappa shape index (κ3) is 9.76. The van der Waals surface area contributed by atoms with Crippen LogP contribution in [0.4, 0.5) is 0 Å². The average Bonchev–Trinajstić information content (AvgIpc) is 2.69. The normalized spacial score (nSPS) is 19.2. The van der Waals surface area contributed by atoms with E-state index in [9.17, 15) is 0 Å². The third-order valence-corrected chi connectivity index (χ3v) is 4.96. The molecule has 2 rings (SSSR count). The second-order valence-electron chi connectivity index (χ2n) is 7.34. The van der Waals surface area contributed by atoms with E-state index in [2.05, 4.69) is 46.5 Å². The van der Waals surface area contributed by atoms with Crippen molar-refractivity contribution in [2.75, 3.05) is 46.4 Å². The number of rotatable bonds is 9. The highest BCUT2D eigenvalue weighted by Crippen LogP contribution is 2.15. The van der Waals surface area contributed by atoms with Gasteiger partial charge in [0.1, 0.15) is 0 Å². The van der Waals surface area contributed by atoms with Gasteiger partial charge in [-0.15, -0.1) is 24.0 Å². The van der Waals surface area contributed by atoms with E-state index < -0.39 is 0 Å². The van der Waals surface area contributed by atoms with Crippen LogP contribution in [0.1, 0.15) is 32.3 Å². The number of nitrogens with one attached hydrogen (secondary N) is 2. The van der Waals surface area contributed by atoms with Crippen LogP contribution in [0, 0.1) is 11.8 Å². The van der Waals surface area contributed by atoms with Gasteiger partial charge in [0.25, 0.3) is 0 Å². The summed E-state index contributed by atoms with van der Waals surface area (Å²) < 4.78 is 5.82. The Balaban J connectivity index is 0.00000364. The van der Waals surface area contributed by atoms with Crippen molar-refractivity contribution in [2.45, 2.75) is 33.3 Å². The minimum absolute atomic E-state index is 0. The Morgan fingerprint density at radius 1 is 1.30 bits per heavy atom. The van der Waals surface area contributed by atoms with Gasteiger partial charge in [-0.25, -0.2) is 0 Å². The maximum atomic E-state index is 5.82. The standard InChI is InChI=1S/C21H36N4O.HI/c1-4-25-12-8-11-20(15-25)14-24-21(22-3)23-13-18(2)16-26-17-19-9-6-5-7-10-19;/h5-7,9-10,18,20H,4,8,11-17H2,1-3H3,(H2,22,23,24);1H.